The van der Waals surface area contributed by atoms with Crippen LogP contribution in [0, 0.1) is 0 Å². The molecule has 0 bridgehead atoms. The van der Waals surface area contributed by atoms with E-state index in [1.165, 1.54) is 0 Å². The molecule has 1 atom stereocenters. The minimum absolute atomic E-state index is 0.0352. The van der Waals surface area contributed by atoms with Crippen molar-refractivity contribution in [1.29, 1.82) is 0 Å². The summed E-state index contributed by atoms with van der Waals surface area (Å²) in [4.78, 5) is 4.08. The Morgan fingerprint density at radius 1 is 1.16 bits per heavy atom. The molecular formula is C15H18N2O2. The molecule has 100 valence electrons. The molecule has 1 unspecified atom stereocenters. The molecule has 0 aliphatic heterocycles. The predicted octanol–water partition coefficient (Wildman–Crippen LogP) is 2.41. The lowest BCUT2D eigenvalue weighted by Crippen LogP contribution is -2.18. The van der Waals surface area contributed by atoms with Crippen LogP contribution >= 0.6 is 0 Å². The van der Waals surface area contributed by atoms with Crippen LogP contribution < -0.4 is 14.8 Å². The summed E-state index contributed by atoms with van der Waals surface area (Å²) in [6.45, 7) is 0. The van der Waals surface area contributed by atoms with Gasteiger partial charge in [-0.05, 0) is 30.8 Å². The van der Waals surface area contributed by atoms with E-state index in [9.17, 15) is 0 Å². The van der Waals surface area contributed by atoms with Crippen molar-refractivity contribution < 1.29 is 9.47 Å². The summed E-state index contributed by atoms with van der Waals surface area (Å²) in [5, 5.41) is 3.30. The van der Waals surface area contributed by atoms with Gasteiger partial charge in [0.2, 0.25) is 0 Å². The van der Waals surface area contributed by atoms with E-state index in [0.29, 0.717) is 0 Å². The molecule has 0 spiro atoms. The molecule has 0 saturated carbocycles. The number of benzene rings is 1. The van der Waals surface area contributed by atoms with Crippen molar-refractivity contribution in [3.05, 3.63) is 53.9 Å². The van der Waals surface area contributed by atoms with Crippen LogP contribution in [-0.4, -0.2) is 26.3 Å². The highest BCUT2D eigenvalue weighted by Gasteiger charge is 2.16. The summed E-state index contributed by atoms with van der Waals surface area (Å²) >= 11 is 0. The molecule has 0 radical (unpaired) electrons. The van der Waals surface area contributed by atoms with Gasteiger partial charge < -0.3 is 14.8 Å². The van der Waals surface area contributed by atoms with Crippen molar-refractivity contribution in [1.82, 2.24) is 10.3 Å². The number of ether oxygens (including phenoxy) is 2. The highest BCUT2D eigenvalue weighted by atomic mass is 16.5. The second-order valence-corrected chi connectivity index (χ2v) is 4.12. The Bertz CT molecular complexity index is 543. The van der Waals surface area contributed by atoms with E-state index < -0.39 is 0 Å². The fourth-order valence-electron chi connectivity index (χ4n) is 2.12. The SMILES string of the molecule is CNC(c1cccc(OC)c1)c1ccncc1OC. The summed E-state index contributed by atoms with van der Waals surface area (Å²) in [5.41, 5.74) is 2.17. The number of methoxy groups -OCH3 is 2. The van der Waals surface area contributed by atoms with Crippen molar-refractivity contribution in [2.75, 3.05) is 21.3 Å². The van der Waals surface area contributed by atoms with Gasteiger partial charge in [-0.3, -0.25) is 4.98 Å². The third-order valence-corrected chi connectivity index (χ3v) is 3.06. The highest BCUT2D eigenvalue weighted by molar-refractivity contribution is 5.41. The lowest BCUT2D eigenvalue weighted by Gasteiger charge is -2.20. The Morgan fingerprint density at radius 3 is 2.68 bits per heavy atom. The Hall–Kier alpha value is -2.07. The van der Waals surface area contributed by atoms with Gasteiger partial charge in [-0.25, -0.2) is 0 Å². The van der Waals surface area contributed by atoms with Gasteiger partial charge in [-0.15, -0.1) is 0 Å². The second kappa shape index (κ2) is 6.20. The van der Waals surface area contributed by atoms with E-state index in [4.69, 9.17) is 9.47 Å². The van der Waals surface area contributed by atoms with Crippen molar-refractivity contribution in [2.24, 2.45) is 0 Å². The zero-order valence-electron chi connectivity index (χ0n) is 11.4. The van der Waals surface area contributed by atoms with E-state index in [1.807, 2.05) is 31.3 Å². The van der Waals surface area contributed by atoms with Gasteiger partial charge in [0, 0.05) is 11.8 Å². The molecule has 4 nitrogen and oxygen atoms in total. The zero-order chi connectivity index (χ0) is 13.7. The third-order valence-electron chi connectivity index (χ3n) is 3.06. The van der Waals surface area contributed by atoms with Crippen LogP contribution in [0.2, 0.25) is 0 Å². The van der Waals surface area contributed by atoms with Gasteiger partial charge >= 0.3 is 0 Å². The number of nitrogens with one attached hydrogen (secondary N) is 1. The summed E-state index contributed by atoms with van der Waals surface area (Å²) < 4.78 is 10.6. The molecule has 0 aliphatic rings. The van der Waals surface area contributed by atoms with Crippen LogP contribution in [0.3, 0.4) is 0 Å². The lowest BCUT2D eigenvalue weighted by atomic mass is 9.99. The van der Waals surface area contributed by atoms with Crippen molar-refractivity contribution >= 4 is 0 Å². The van der Waals surface area contributed by atoms with Crippen LogP contribution in [0.5, 0.6) is 11.5 Å². The van der Waals surface area contributed by atoms with Gasteiger partial charge in [0.25, 0.3) is 0 Å². The Balaban J connectivity index is 2.43. The smallest absolute Gasteiger partial charge is 0.142 e. The molecule has 0 saturated heterocycles. The molecule has 4 heteroatoms. The first-order valence-electron chi connectivity index (χ1n) is 6.09. The first-order valence-corrected chi connectivity index (χ1v) is 6.09. The average molecular weight is 258 g/mol. The number of pyridine rings is 1. The largest absolute Gasteiger partial charge is 0.497 e. The average Bonchev–Trinajstić information content (AvgIpc) is 2.49. The van der Waals surface area contributed by atoms with Crippen LogP contribution in [-0.2, 0) is 0 Å². The van der Waals surface area contributed by atoms with E-state index in [1.54, 1.807) is 26.6 Å². The Kier molecular flexibility index (Phi) is 4.36. The Morgan fingerprint density at radius 2 is 2.00 bits per heavy atom. The number of rotatable bonds is 5. The number of nitrogens with zero attached hydrogens (tertiary/aromatic N) is 1. The second-order valence-electron chi connectivity index (χ2n) is 4.12. The van der Waals surface area contributed by atoms with E-state index >= 15 is 0 Å². The van der Waals surface area contributed by atoms with Gasteiger partial charge in [0.05, 0.1) is 26.5 Å². The summed E-state index contributed by atoms with van der Waals surface area (Å²) in [7, 11) is 5.24. The quantitative estimate of drug-likeness (QED) is 0.894. The number of hydrogen-bond acceptors (Lipinski definition) is 4. The molecule has 1 aromatic heterocycles. The topological polar surface area (TPSA) is 43.4 Å². The van der Waals surface area contributed by atoms with Gasteiger partial charge in [0.15, 0.2) is 0 Å². The molecule has 1 aromatic carbocycles. The summed E-state index contributed by atoms with van der Waals surface area (Å²) in [6, 6.07) is 9.98. The lowest BCUT2D eigenvalue weighted by molar-refractivity contribution is 0.402. The van der Waals surface area contributed by atoms with Crippen LogP contribution in [0.4, 0.5) is 0 Å². The van der Waals surface area contributed by atoms with E-state index in [0.717, 1.165) is 22.6 Å². The molecule has 0 amide bonds. The van der Waals surface area contributed by atoms with Crippen LogP contribution in [0.1, 0.15) is 17.2 Å². The van der Waals surface area contributed by atoms with Gasteiger partial charge in [-0.2, -0.15) is 0 Å². The van der Waals surface area contributed by atoms with E-state index in [-0.39, 0.29) is 6.04 Å². The predicted molar refractivity (Wildman–Crippen MR) is 74.7 cm³/mol. The van der Waals surface area contributed by atoms with Crippen LogP contribution in [0.25, 0.3) is 0 Å². The summed E-state index contributed by atoms with van der Waals surface area (Å²) in [6.07, 6.45) is 3.49. The highest BCUT2D eigenvalue weighted by Crippen LogP contribution is 2.30. The minimum atomic E-state index is 0.0352. The molecule has 0 fully saturated rings. The van der Waals surface area contributed by atoms with E-state index in [2.05, 4.69) is 16.4 Å². The molecule has 1 heterocycles. The maximum absolute atomic E-state index is 5.37. The molecule has 19 heavy (non-hydrogen) atoms. The normalized spacial score (nSPS) is 11.9. The molecule has 2 rings (SSSR count). The first-order chi connectivity index (χ1) is 9.30. The fourth-order valence-corrected chi connectivity index (χ4v) is 2.12. The van der Waals surface area contributed by atoms with Crippen molar-refractivity contribution in [2.45, 2.75) is 6.04 Å². The van der Waals surface area contributed by atoms with Crippen molar-refractivity contribution in [3.8, 4) is 11.5 Å². The zero-order valence-corrected chi connectivity index (χ0v) is 11.4. The number of aromatic nitrogens is 1. The third kappa shape index (κ3) is 2.85. The first kappa shape index (κ1) is 13.4. The monoisotopic (exact) mass is 258 g/mol. The standard InChI is InChI=1S/C15H18N2O2/c1-16-15(11-5-4-6-12(9-11)18-2)13-7-8-17-10-14(13)19-3/h4-10,15-16H,1-3H3. The molecule has 0 aliphatic carbocycles. The number of hydrogen-bond donors (Lipinski definition) is 1. The minimum Gasteiger partial charge on any atom is -0.497 e. The maximum Gasteiger partial charge on any atom is 0.142 e. The molecule has 1 N–H and O–H groups in total. The maximum atomic E-state index is 5.37. The Labute approximate surface area is 113 Å². The van der Waals surface area contributed by atoms with Gasteiger partial charge in [0.1, 0.15) is 11.5 Å². The molecular weight excluding hydrogens is 240 g/mol. The van der Waals surface area contributed by atoms with Crippen LogP contribution in [0.15, 0.2) is 42.7 Å². The van der Waals surface area contributed by atoms with Gasteiger partial charge in [-0.1, -0.05) is 12.1 Å². The molecule has 2 aromatic rings. The summed E-state index contributed by atoms with van der Waals surface area (Å²) in [5.74, 6) is 1.61. The van der Waals surface area contributed by atoms with Crippen molar-refractivity contribution in [3.63, 3.8) is 0 Å². The fraction of sp³-hybridized carbons (Fsp3) is 0.267.